The minimum absolute atomic E-state index is 0.817. The van der Waals surface area contributed by atoms with Gasteiger partial charge in [-0.2, -0.15) is 0 Å². The summed E-state index contributed by atoms with van der Waals surface area (Å²) < 4.78 is 6.21. The van der Waals surface area contributed by atoms with Gasteiger partial charge in [0.2, 0.25) is 0 Å². The molecule has 1 rings (SSSR count). The third kappa shape index (κ3) is 2.35. The van der Waals surface area contributed by atoms with Gasteiger partial charge in [0.25, 0.3) is 0 Å². The molecular weight excluding hydrogens is 218 g/mol. The van der Waals surface area contributed by atoms with E-state index in [4.69, 9.17) is 4.74 Å². The summed E-state index contributed by atoms with van der Waals surface area (Å²) in [6.45, 7) is 9.45. The van der Waals surface area contributed by atoms with Crippen LogP contribution in [0.3, 0.4) is 0 Å². The second kappa shape index (κ2) is 4.67. The first-order valence-electron chi connectivity index (χ1n) is 4.09. The van der Waals surface area contributed by atoms with Crippen LogP contribution in [0.25, 0.3) is 0 Å². The molecule has 68 valence electrons. The molecule has 1 aliphatic rings. The number of hydrogen-bond acceptors (Lipinski definition) is 2. The largest absolute Gasteiger partial charge is 0.378 e. The molecule has 0 unspecified atom stereocenters. The summed E-state index contributed by atoms with van der Waals surface area (Å²) in [5.74, 6) is 0. The number of allylic oxidation sites excluding steroid dienone is 2. The van der Waals surface area contributed by atoms with Gasteiger partial charge in [-0.25, -0.2) is 0 Å². The first-order valence-corrected chi connectivity index (χ1v) is 4.88. The van der Waals surface area contributed by atoms with Gasteiger partial charge in [0, 0.05) is 23.3 Å². The van der Waals surface area contributed by atoms with E-state index in [2.05, 4.69) is 33.5 Å². The summed E-state index contributed by atoms with van der Waals surface area (Å²) in [6.07, 6.45) is 2.07. The van der Waals surface area contributed by atoms with E-state index in [1.165, 1.54) is 5.70 Å². The van der Waals surface area contributed by atoms with Gasteiger partial charge in [-0.15, -0.1) is 0 Å². The maximum Gasteiger partial charge on any atom is 0.0642 e. The maximum atomic E-state index is 5.26. The van der Waals surface area contributed by atoms with Gasteiger partial charge in [0.1, 0.15) is 0 Å². The van der Waals surface area contributed by atoms with Crippen LogP contribution in [-0.4, -0.2) is 31.2 Å². The maximum absolute atomic E-state index is 5.26. The molecule has 0 saturated carbocycles. The Hall–Kier alpha value is -0.280. The average Bonchev–Trinajstić information content (AvgIpc) is 2.07. The number of ether oxygens (including phenoxy) is 1. The molecule has 0 radical (unpaired) electrons. The Kier molecular flexibility index (Phi) is 3.82. The first-order chi connectivity index (χ1) is 5.75. The zero-order chi connectivity index (χ0) is 8.97. The van der Waals surface area contributed by atoms with Gasteiger partial charge < -0.3 is 9.64 Å². The molecule has 2 nitrogen and oxygen atoms in total. The standard InChI is InChI=1S/C9H14BrNO/c1-3-9(8(2)10)11-4-6-12-7-5-11/h3H,2,4-7H2,1H3. The van der Waals surface area contributed by atoms with Crippen LogP contribution in [0.1, 0.15) is 6.92 Å². The van der Waals surface area contributed by atoms with E-state index in [0.717, 1.165) is 30.8 Å². The molecule has 1 fully saturated rings. The van der Waals surface area contributed by atoms with Crippen LogP contribution in [0.5, 0.6) is 0 Å². The number of nitrogens with zero attached hydrogens (tertiary/aromatic N) is 1. The second-order valence-electron chi connectivity index (χ2n) is 2.68. The molecule has 0 aromatic heterocycles. The summed E-state index contributed by atoms with van der Waals surface area (Å²) in [6, 6.07) is 0. The van der Waals surface area contributed by atoms with E-state index in [9.17, 15) is 0 Å². The number of hydrogen-bond donors (Lipinski definition) is 0. The summed E-state index contributed by atoms with van der Waals surface area (Å²) >= 11 is 3.39. The zero-order valence-corrected chi connectivity index (χ0v) is 8.93. The van der Waals surface area contributed by atoms with Gasteiger partial charge in [0.05, 0.1) is 13.2 Å². The summed E-state index contributed by atoms with van der Waals surface area (Å²) in [4.78, 5) is 2.28. The van der Waals surface area contributed by atoms with Crippen LogP contribution in [0.2, 0.25) is 0 Å². The van der Waals surface area contributed by atoms with E-state index in [0.29, 0.717) is 0 Å². The Labute approximate surface area is 82.0 Å². The molecule has 1 heterocycles. The highest BCUT2D eigenvalue weighted by molar-refractivity contribution is 9.11. The van der Waals surface area contributed by atoms with Crippen molar-refractivity contribution >= 4 is 15.9 Å². The van der Waals surface area contributed by atoms with Crippen molar-refractivity contribution in [1.82, 2.24) is 4.90 Å². The van der Waals surface area contributed by atoms with Crippen molar-refractivity contribution in [3.63, 3.8) is 0 Å². The van der Waals surface area contributed by atoms with Crippen LogP contribution in [0.4, 0.5) is 0 Å². The molecular formula is C9H14BrNO. The van der Waals surface area contributed by atoms with Crippen LogP contribution in [0.15, 0.2) is 22.8 Å². The highest BCUT2D eigenvalue weighted by atomic mass is 79.9. The predicted molar refractivity (Wildman–Crippen MR) is 54.2 cm³/mol. The summed E-state index contributed by atoms with van der Waals surface area (Å²) in [7, 11) is 0. The zero-order valence-electron chi connectivity index (χ0n) is 7.35. The van der Waals surface area contributed by atoms with Gasteiger partial charge in [-0.3, -0.25) is 0 Å². The monoisotopic (exact) mass is 231 g/mol. The van der Waals surface area contributed by atoms with Crippen molar-refractivity contribution in [2.24, 2.45) is 0 Å². The smallest absolute Gasteiger partial charge is 0.0642 e. The van der Waals surface area contributed by atoms with Crippen molar-refractivity contribution in [3.8, 4) is 0 Å². The van der Waals surface area contributed by atoms with E-state index < -0.39 is 0 Å². The fourth-order valence-electron chi connectivity index (χ4n) is 1.32. The highest BCUT2D eigenvalue weighted by Crippen LogP contribution is 2.19. The van der Waals surface area contributed by atoms with Crippen molar-refractivity contribution in [2.45, 2.75) is 6.92 Å². The Morgan fingerprint density at radius 1 is 1.50 bits per heavy atom. The number of rotatable bonds is 2. The lowest BCUT2D eigenvalue weighted by Gasteiger charge is -2.30. The Bertz CT molecular complexity index is 195. The molecule has 0 bridgehead atoms. The molecule has 0 aromatic rings. The van der Waals surface area contributed by atoms with Crippen molar-refractivity contribution < 1.29 is 4.74 Å². The number of morpholine rings is 1. The lowest BCUT2D eigenvalue weighted by Crippen LogP contribution is -2.35. The van der Waals surface area contributed by atoms with Gasteiger partial charge >= 0.3 is 0 Å². The van der Waals surface area contributed by atoms with Crippen LogP contribution in [0, 0.1) is 0 Å². The molecule has 0 aliphatic carbocycles. The minimum atomic E-state index is 0.817. The van der Waals surface area contributed by atoms with Crippen LogP contribution < -0.4 is 0 Å². The third-order valence-electron chi connectivity index (χ3n) is 1.90. The van der Waals surface area contributed by atoms with Gasteiger partial charge in [-0.05, 0) is 22.9 Å². The van der Waals surface area contributed by atoms with Gasteiger partial charge in [0.15, 0.2) is 0 Å². The molecule has 12 heavy (non-hydrogen) atoms. The van der Waals surface area contributed by atoms with Crippen molar-refractivity contribution in [3.05, 3.63) is 22.8 Å². The predicted octanol–water partition coefficient (Wildman–Crippen LogP) is 2.13. The van der Waals surface area contributed by atoms with Crippen LogP contribution in [-0.2, 0) is 4.74 Å². The number of halogens is 1. The Morgan fingerprint density at radius 2 is 2.08 bits per heavy atom. The summed E-state index contributed by atoms with van der Waals surface area (Å²) in [5, 5.41) is 0. The molecule has 0 amide bonds. The minimum Gasteiger partial charge on any atom is -0.378 e. The molecule has 0 atom stereocenters. The molecule has 3 heteroatoms. The lowest BCUT2D eigenvalue weighted by molar-refractivity contribution is 0.0552. The molecule has 0 N–H and O–H groups in total. The first kappa shape index (κ1) is 9.81. The Morgan fingerprint density at radius 3 is 2.50 bits per heavy atom. The fraction of sp³-hybridized carbons (Fsp3) is 0.556. The SMILES string of the molecule is C=C(Br)C(=CC)N1CCOCC1. The Balaban J connectivity index is 2.59. The molecule has 1 saturated heterocycles. The average molecular weight is 232 g/mol. The molecule has 0 aromatic carbocycles. The second-order valence-corrected chi connectivity index (χ2v) is 3.64. The normalized spacial score (nSPS) is 19.5. The van der Waals surface area contributed by atoms with E-state index in [1.807, 2.05) is 6.92 Å². The fourth-order valence-corrected chi connectivity index (χ4v) is 1.79. The van der Waals surface area contributed by atoms with E-state index >= 15 is 0 Å². The van der Waals surface area contributed by atoms with Crippen molar-refractivity contribution in [1.29, 1.82) is 0 Å². The lowest BCUT2D eigenvalue weighted by atomic mass is 10.3. The molecule has 1 aliphatic heterocycles. The van der Waals surface area contributed by atoms with Gasteiger partial charge in [-0.1, -0.05) is 12.7 Å². The molecule has 0 spiro atoms. The van der Waals surface area contributed by atoms with Crippen LogP contribution >= 0.6 is 15.9 Å². The highest BCUT2D eigenvalue weighted by Gasteiger charge is 2.13. The summed E-state index contributed by atoms with van der Waals surface area (Å²) in [5.41, 5.74) is 1.18. The van der Waals surface area contributed by atoms with Crippen molar-refractivity contribution in [2.75, 3.05) is 26.3 Å². The third-order valence-corrected chi connectivity index (χ3v) is 2.31. The quantitative estimate of drug-likeness (QED) is 0.676. The van der Waals surface area contributed by atoms with E-state index in [-0.39, 0.29) is 0 Å². The topological polar surface area (TPSA) is 12.5 Å². The van der Waals surface area contributed by atoms with E-state index in [1.54, 1.807) is 0 Å².